The van der Waals surface area contributed by atoms with E-state index in [0.717, 1.165) is 31.6 Å². The van der Waals surface area contributed by atoms with Gasteiger partial charge in [-0.2, -0.15) is 0 Å². The molecule has 1 rings (SSSR count). The van der Waals surface area contributed by atoms with Crippen molar-refractivity contribution in [2.45, 2.75) is 46.1 Å². The number of nitrogens with zero attached hydrogens (tertiary/aromatic N) is 1. The molecule has 1 heterocycles. The van der Waals surface area contributed by atoms with Gasteiger partial charge in [-0.25, -0.2) is 0 Å². The summed E-state index contributed by atoms with van der Waals surface area (Å²) < 4.78 is 5.71. The molecule has 1 fully saturated rings. The molecule has 108 valence electrons. The second-order valence-electron chi connectivity index (χ2n) is 5.95. The van der Waals surface area contributed by atoms with Crippen LogP contribution < -0.4 is 5.32 Å². The first kappa shape index (κ1) is 15.9. The van der Waals surface area contributed by atoms with Crippen molar-refractivity contribution in [1.82, 2.24) is 10.2 Å². The molecule has 0 aromatic heterocycles. The van der Waals surface area contributed by atoms with Crippen molar-refractivity contribution >= 4 is 0 Å². The Bertz CT molecular complexity index is 209. The predicted molar refractivity (Wildman–Crippen MR) is 78.0 cm³/mol. The van der Waals surface area contributed by atoms with E-state index in [1.54, 1.807) is 0 Å². The van der Waals surface area contributed by atoms with E-state index in [-0.39, 0.29) is 0 Å². The van der Waals surface area contributed by atoms with Crippen LogP contribution in [-0.2, 0) is 4.74 Å². The van der Waals surface area contributed by atoms with E-state index in [1.807, 2.05) is 0 Å². The quantitative estimate of drug-likeness (QED) is 0.675. The van der Waals surface area contributed by atoms with Crippen LogP contribution in [0.5, 0.6) is 0 Å². The lowest BCUT2D eigenvalue weighted by Gasteiger charge is -2.38. The van der Waals surface area contributed by atoms with E-state index in [9.17, 15) is 0 Å². The van der Waals surface area contributed by atoms with Gasteiger partial charge in [-0.1, -0.05) is 27.2 Å². The number of rotatable bonds is 8. The molecule has 1 aliphatic heterocycles. The van der Waals surface area contributed by atoms with Gasteiger partial charge in [0, 0.05) is 25.7 Å². The number of hydrogen-bond acceptors (Lipinski definition) is 3. The van der Waals surface area contributed by atoms with Gasteiger partial charge in [0.15, 0.2) is 0 Å². The Morgan fingerprint density at radius 3 is 2.72 bits per heavy atom. The summed E-state index contributed by atoms with van der Waals surface area (Å²) >= 11 is 0. The van der Waals surface area contributed by atoms with Gasteiger partial charge in [0.1, 0.15) is 0 Å². The minimum absolute atomic E-state index is 0.716. The highest BCUT2D eigenvalue weighted by Gasteiger charge is 2.26. The van der Waals surface area contributed by atoms with Crippen LogP contribution in [0.1, 0.15) is 40.0 Å². The molecule has 0 amide bonds. The number of piperidine rings is 1. The van der Waals surface area contributed by atoms with E-state index in [0.29, 0.717) is 6.04 Å². The van der Waals surface area contributed by atoms with E-state index in [1.165, 1.54) is 32.4 Å². The fraction of sp³-hybridized carbons (Fsp3) is 1.00. The molecule has 0 aromatic rings. The van der Waals surface area contributed by atoms with Crippen LogP contribution >= 0.6 is 0 Å². The summed E-state index contributed by atoms with van der Waals surface area (Å²) in [6.07, 6.45) is 3.73. The molecule has 18 heavy (non-hydrogen) atoms. The third-order valence-corrected chi connectivity index (χ3v) is 4.10. The maximum absolute atomic E-state index is 5.71. The van der Waals surface area contributed by atoms with E-state index < -0.39 is 0 Å². The minimum Gasteiger partial charge on any atom is -0.380 e. The van der Waals surface area contributed by atoms with Crippen LogP contribution in [0.2, 0.25) is 0 Å². The highest BCUT2D eigenvalue weighted by atomic mass is 16.5. The third-order valence-electron chi connectivity index (χ3n) is 4.10. The summed E-state index contributed by atoms with van der Waals surface area (Å²) in [4.78, 5) is 2.57. The van der Waals surface area contributed by atoms with Gasteiger partial charge >= 0.3 is 0 Å². The Morgan fingerprint density at radius 2 is 2.11 bits per heavy atom. The van der Waals surface area contributed by atoms with Crippen molar-refractivity contribution in [3.63, 3.8) is 0 Å². The standard InChI is InChI=1S/C15H32N2O/c1-5-14-12-17(8-6-15(14)16-4)9-11-18-10-7-13(2)3/h13-16H,5-12H2,1-4H3. The van der Waals surface area contributed by atoms with Crippen LogP contribution in [0.15, 0.2) is 0 Å². The summed E-state index contributed by atoms with van der Waals surface area (Å²) in [6, 6.07) is 0.716. The average Bonchev–Trinajstić information content (AvgIpc) is 2.37. The van der Waals surface area contributed by atoms with Crippen molar-refractivity contribution in [3.05, 3.63) is 0 Å². The van der Waals surface area contributed by atoms with Gasteiger partial charge in [-0.05, 0) is 38.3 Å². The van der Waals surface area contributed by atoms with Crippen molar-refractivity contribution in [3.8, 4) is 0 Å². The van der Waals surface area contributed by atoms with E-state index in [4.69, 9.17) is 4.74 Å². The summed E-state index contributed by atoms with van der Waals surface area (Å²) in [5.74, 6) is 1.56. The zero-order valence-corrected chi connectivity index (χ0v) is 12.7. The highest BCUT2D eigenvalue weighted by Crippen LogP contribution is 2.19. The Morgan fingerprint density at radius 1 is 1.33 bits per heavy atom. The molecule has 3 nitrogen and oxygen atoms in total. The Labute approximate surface area is 113 Å². The fourth-order valence-electron chi connectivity index (χ4n) is 2.72. The summed E-state index contributed by atoms with van der Waals surface area (Å²) in [6.45, 7) is 12.2. The van der Waals surface area contributed by atoms with Crippen molar-refractivity contribution < 1.29 is 4.74 Å². The van der Waals surface area contributed by atoms with Crippen molar-refractivity contribution in [1.29, 1.82) is 0 Å². The third kappa shape index (κ3) is 5.68. The molecule has 1 N–H and O–H groups in total. The second-order valence-corrected chi connectivity index (χ2v) is 5.95. The lowest BCUT2D eigenvalue weighted by molar-refractivity contribution is 0.0705. The Kier molecular flexibility index (Phi) is 7.87. The first-order valence-electron chi connectivity index (χ1n) is 7.64. The molecule has 0 saturated carbocycles. The van der Waals surface area contributed by atoms with Crippen molar-refractivity contribution in [2.24, 2.45) is 11.8 Å². The predicted octanol–water partition coefficient (Wildman–Crippen LogP) is 2.37. The first-order valence-corrected chi connectivity index (χ1v) is 7.64. The minimum atomic E-state index is 0.716. The number of ether oxygens (including phenoxy) is 1. The lowest BCUT2D eigenvalue weighted by Crippen LogP contribution is -2.48. The SMILES string of the molecule is CCC1CN(CCOCCC(C)C)CCC1NC. The zero-order chi connectivity index (χ0) is 13.4. The molecule has 2 unspecified atom stereocenters. The molecule has 0 bridgehead atoms. The van der Waals surface area contributed by atoms with E-state index in [2.05, 4.69) is 38.0 Å². The molecular formula is C15H32N2O. The largest absolute Gasteiger partial charge is 0.380 e. The maximum Gasteiger partial charge on any atom is 0.0593 e. The highest BCUT2D eigenvalue weighted by molar-refractivity contribution is 4.83. The Balaban J connectivity index is 2.12. The van der Waals surface area contributed by atoms with Gasteiger partial charge < -0.3 is 15.0 Å². The second kappa shape index (κ2) is 8.89. The number of nitrogens with one attached hydrogen (secondary N) is 1. The molecule has 1 saturated heterocycles. The lowest BCUT2D eigenvalue weighted by atomic mass is 9.90. The molecular weight excluding hydrogens is 224 g/mol. The average molecular weight is 256 g/mol. The normalized spacial score (nSPS) is 25.8. The maximum atomic E-state index is 5.71. The molecule has 0 spiro atoms. The Hall–Kier alpha value is -0.120. The van der Waals surface area contributed by atoms with Gasteiger partial charge in [0.05, 0.1) is 6.61 Å². The number of likely N-dealkylation sites (tertiary alicyclic amines) is 1. The number of hydrogen-bond donors (Lipinski definition) is 1. The van der Waals surface area contributed by atoms with Crippen LogP contribution in [0.4, 0.5) is 0 Å². The summed E-state index contributed by atoms with van der Waals surface area (Å²) in [7, 11) is 2.10. The van der Waals surface area contributed by atoms with Crippen LogP contribution in [-0.4, -0.2) is 50.8 Å². The topological polar surface area (TPSA) is 24.5 Å². The summed E-state index contributed by atoms with van der Waals surface area (Å²) in [5.41, 5.74) is 0. The fourth-order valence-corrected chi connectivity index (χ4v) is 2.72. The van der Waals surface area contributed by atoms with Crippen LogP contribution in [0, 0.1) is 11.8 Å². The molecule has 0 radical (unpaired) electrons. The smallest absolute Gasteiger partial charge is 0.0593 e. The van der Waals surface area contributed by atoms with Crippen molar-refractivity contribution in [2.75, 3.05) is 39.9 Å². The van der Waals surface area contributed by atoms with Gasteiger partial charge in [0.2, 0.25) is 0 Å². The molecule has 0 aliphatic carbocycles. The molecule has 0 aromatic carbocycles. The first-order chi connectivity index (χ1) is 8.67. The van der Waals surface area contributed by atoms with Gasteiger partial charge in [0.25, 0.3) is 0 Å². The monoisotopic (exact) mass is 256 g/mol. The van der Waals surface area contributed by atoms with Gasteiger partial charge in [-0.3, -0.25) is 0 Å². The van der Waals surface area contributed by atoms with E-state index >= 15 is 0 Å². The summed E-state index contributed by atoms with van der Waals surface area (Å²) in [5, 5.41) is 3.46. The van der Waals surface area contributed by atoms with Gasteiger partial charge in [-0.15, -0.1) is 0 Å². The molecule has 3 heteroatoms. The molecule has 2 atom stereocenters. The van der Waals surface area contributed by atoms with Crippen LogP contribution in [0.3, 0.4) is 0 Å². The zero-order valence-electron chi connectivity index (χ0n) is 12.7. The van der Waals surface area contributed by atoms with Crippen LogP contribution in [0.25, 0.3) is 0 Å². The molecule has 1 aliphatic rings.